The van der Waals surface area contributed by atoms with Crippen molar-refractivity contribution < 1.29 is 32.2 Å². The molecule has 2 aromatic carbocycles. The van der Waals surface area contributed by atoms with E-state index in [2.05, 4.69) is 9.98 Å². The van der Waals surface area contributed by atoms with E-state index in [4.69, 9.17) is 0 Å². The van der Waals surface area contributed by atoms with Crippen LogP contribution in [0.3, 0.4) is 0 Å². The van der Waals surface area contributed by atoms with Crippen molar-refractivity contribution in [2.45, 2.75) is 6.42 Å². The van der Waals surface area contributed by atoms with Gasteiger partial charge in [0.1, 0.15) is 0 Å². The molecule has 5 nitrogen and oxygen atoms in total. The van der Waals surface area contributed by atoms with Crippen LogP contribution in [0.2, 0.25) is 0 Å². The van der Waals surface area contributed by atoms with E-state index < -0.39 is 0 Å². The number of hydrogen-bond acceptors (Lipinski definition) is 4. The van der Waals surface area contributed by atoms with Crippen molar-refractivity contribution in [1.29, 1.82) is 0 Å². The van der Waals surface area contributed by atoms with Crippen molar-refractivity contribution in [3.8, 4) is 11.5 Å². The quantitative estimate of drug-likeness (QED) is 0.330. The van der Waals surface area contributed by atoms with Crippen LogP contribution in [0.25, 0.3) is 0 Å². The van der Waals surface area contributed by atoms with Crippen molar-refractivity contribution in [1.82, 2.24) is 0 Å². The molecule has 0 saturated carbocycles. The molecular weight excluding hydrogens is 339 g/mol. The topological polar surface area (TPSA) is 104 Å². The minimum Gasteiger partial charge on any atom is -0.872 e. The molecule has 0 aliphatic heterocycles. The standard InChI is InChI=1S/C17H18N2O2.Ni.H2O/c20-16-8-3-1-6-14(16)12-18-10-5-11-19-13-15-7-2-4-9-17(15)21;;/h1-4,6-9,12-13,20-21H,5,10-11H2;;1H2/q;+2;/p-1. The molecule has 0 unspecified atom stereocenters. The summed E-state index contributed by atoms with van der Waals surface area (Å²) in [6, 6.07) is 13.6. The minimum atomic E-state index is -0.0219. The molecular formula is C17H19N2NiO3+. The molecule has 0 aromatic heterocycles. The Balaban J connectivity index is 0.00000242. The van der Waals surface area contributed by atoms with Gasteiger partial charge in [0.25, 0.3) is 0 Å². The van der Waals surface area contributed by atoms with E-state index in [-0.39, 0.29) is 33.5 Å². The second-order valence-corrected chi connectivity index (χ2v) is 4.50. The normalized spacial score (nSPS) is 10.4. The summed E-state index contributed by atoms with van der Waals surface area (Å²) < 4.78 is 0. The maximum absolute atomic E-state index is 11.4. The molecule has 2 rings (SSSR count). The Morgan fingerprint density at radius 3 is 1.52 bits per heavy atom. The summed E-state index contributed by atoms with van der Waals surface area (Å²) in [7, 11) is 0. The average Bonchev–Trinajstić information content (AvgIpc) is 2.50. The van der Waals surface area contributed by atoms with Gasteiger partial charge in [-0.2, -0.15) is 0 Å². The Morgan fingerprint density at radius 2 is 1.13 bits per heavy atom. The Bertz CT molecular complexity index is 590. The van der Waals surface area contributed by atoms with E-state index >= 15 is 0 Å². The first-order chi connectivity index (χ1) is 10.3. The van der Waals surface area contributed by atoms with Crippen molar-refractivity contribution >= 4 is 12.4 Å². The third-order valence-electron chi connectivity index (χ3n) is 2.87. The molecule has 0 fully saturated rings. The molecule has 0 bridgehead atoms. The summed E-state index contributed by atoms with van der Waals surface area (Å²) >= 11 is 0. The molecule has 6 heteroatoms. The Hall–Kier alpha value is -2.17. The van der Waals surface area contributed by atoms with Crippen molar-refractivity contribution in [3.63, 3.8) is 0 Å². The predicted octanol–water partition coefficient (Wildman–Crippen LogP) is 0.837. The molecule has 3 N–H and O–H groups in total. The maximum atomic E-state index is 11.4. The van der Waals surface area contributed by atoms with Gasteiger partial charge in [0.15, 0.2) is 0 Å². The summed E-state index contributed by atoms with van der Waals surface area (Å²) in [5, 5.41) is 22.9. The van der Waals surface area contributed by atoms with Crippen molar-refractivity contribution in [2.24, 2.45) is 9.98 Å². The van der Waals surface area contributed by atoms with E-state index in [1.807, 2.05) is 12.1 Å². The second kappa shape index (κ2) is 11.4. The molecule has 0 aliphatic rings. The Kier molecular flexibility index (Phi) is 10.3. The van der Waals surface area contributed by atoms with Gasteiger partial charge in [-0.1, -0.05) is 48.5 Å². The molecule has 0 saturated heterocycles. The fraction of sp³-hybridized carbons (Fsp3) is 0.176. The van der Waals surface area contributed by atoms with Gasteiger partial charge in [0, 0.05) is 25.5 Å². The zero-order valence-electron chi connectivity index (χ0n) is 12.5. The molecule has 0 radical (unpaired) electrons. The van der Waals surface area contributed by atoms with Gasteiger partial charge in [0.05, 0.1) is 0 Å². The first-order valence-corrected chi connectivity index (χ1v) is 6.79. The van der Waals surface area contributed by atoms with Crippen molar-refractivity contribution in [2.75, 3.05) is 13.1 Å². The third kappa shape index (κ3) is 7.09. The summed E-state index contributed by atoms with van der Waals surface area (Å²) in [4.78, 5) is 8.41. The van der Waals surface area contributed by atoms with E-state index in [0.29, 0.717) is 24.2 Å². The molecule has 124 valence electrons. The average molecular weight is 358 g/mol. The Labute approximate surface area is 145 Å². The summed E-state index contributed by atoms with van der Waals surface area (Å²) in [6.07, 6.45) is 3.97. The van der Waals surface area contributed by atoms with Gasteiger partial charge in [-0.15, -0.1) is 11.5 Å². The fourth-order valence-corrected chi connectivity index (χ4v) is 1.75. The van der Waals surface area contributed by atoms with Crippen LogP contribution in [0.15, 0.2) is 58.5 Å². The zero-order chi connectivity index (χ0) is 14.9. The first kappa shape index (κ1) is 20.8. The number of hydrogen-bond donors (Lipinski definition) is 0. The van der Waals surface area contributed by atoms with Crippen LogP contribution in [0.4, 0.5) is 0 Å². The van der Waals surface area contributed by atoms with E-state index in [1.54, 1.807) is 36.7 Å². The van der Waals surface area contributed by atoms with Gasteiger partial charge in [-0.25, -0.2) is 0 Å². The molecule has 23 heavy (non-hydrogen) atoms. The number of nitrogens with zero attached hydrogens (tertiary/aromatic N) is 2. The van der Waals surface area contributed by atoms with Gasteiger partial charge >= 0.3 is 16.5 Å². The Morgan fingerprint density at radius 1 is 0.739 bits per heavy atom. The third-order valence-corrected chi connectivity index (χ3v) is 2.87. The van der Waals surface area contributed by atoms with Crippen LogP contribution in [-0.2, 0) is 22.0 Å². The van der Waals surface area contributed by atoms with Crippen LogP contribution >= 0.6 is 0 Å². The molecule has 0 spiro atoms. The fourth-order valence-electron chi connectivity index (χ4n) is 1.75. The van der Waals surface area contributed by atoms with Crippen molar-refractivity contribution in [3.05, 3.63) is 59.7 Å². The van der Waals surface area contributed by atoms with Gasteiger partial charge in [-0.3, -0.25) is 9.98 Å². The first-order valence-electron chi connectivity index (χ1n) is 6.79. The number of rotatable bonds is 6. The molecule has 0 amide bonds. The van der Waals surface area contributed by atoms with Crippen LogP contribution < -0.4 is 10.2 Å². The van der Waals surface area contributed by atoms with Crippen LogP contribution in [0.1, 0.15) is 17.5 Å². The molecule has 2 aromatic rings. The molecule has 0 atom stereocenters. The van der Waals surface area contributed by atoms with Gasteiger partial charge in [0.2, 0.25) is 0 Å². The van der Waals surface area contributed by atoms with E-state index in [9.17, 15) is 10.2 Å². The summed E-state index contributed by atoms with van der Waals surface area (Å²) in [5.41, 5.74) is 1.20. The number of aliphatic imine (C=N–C) groups is 2. The van der Waals surface area contributed by atoms with Gasteiger partial charge in [-0.05, 0) is 17.5 Å². The predicted molar refractivity (Wildman–Crippen MR) is 86.2 cm³/mol. The number of benzene rings is 2. The monoisotopic (exact) mass is 357 g/mol. The summed E-state index contributed by atoms with van der Waals surface area (Å²) in [5.74, 6) is -0.0438. The SMILES string of the molecule is [Ni+2].[O-]c1ccccc1C=NCCCN=Cc1ccccc1[O-].[OH3+]. The molecule has 0 heterocycles. The maximum Gasteiger partial charge on any atom is 2.00 e. The van der Waals surface area contributed by atoms with Gasteiger partial charge < -0.3 is 15.7 Å². The van der Waals surface area contributed by atoms with Crippen LogP contribution in [-0.4, -0.2) is 25.5 Å². The smallest absolute Gasteiger partial charge is 0.872 e. The minimum absolute atomic E-state index is 0. The van der Waals surface area contributed by atoms with Crippen LogP contribution in [0.5, 0.6) is 11.5 Å². The van der Waals surface area contributed by atoms with E-state index in [0.717, 1.165) is 6.42 Å². The van der Waals surface area contributed by atoms with E-state index in [1.165, 1.54) is 12.1 Å². The largest absolute Gasteiger partial charge is 2.00 e. The number of para-hydroxylation sites is 2. The second-order valence-electron chi connectivity index (χ2n) is 4.50. The van der Waals surface area contributed by atoms with Crippen LogP contribution in [0, 0.1) is 0 Å². The summed E-state index contributed by atoms with van der Waals surface area (Å²) in [6.45, 7) is 1.20. The molecule has 0 aliphatic carbocycles. The zero-order valence-corrected chi connectivity index (χ0v) is 13.5.